The van der Waals surface area contributed by atoms with Crippen LogP contribution in [0.1, 0.15) is 5.56 Å². The van der Waals surface area contributed by atoms with Crippen LogP contribution in [0.15, 0.2) is 54.7 Å². The Balaban J connectivity index is 1.40. The number of ether oxygens (including phenoxy) is 3. The summed E-state index contributed by atoms with van der Waals surface area (Å²) in [6, 6.07) is 14.8. The Morgan fingerprint density at radius 3 is 2.63 bits per heavy atom. The number of para-hydroxylation sites is 1. The van der Waals surface area contributed by atoms with Crippen molar-refractivity contribution in [3.8, 4) is 29.1 Å². The van der Waals surface area contributed by atoms with Gasteiger partial charge in [0.1, 0.15) is 17.9 Å². The van der Waals surface area contributed by atoms with E-state index in [1.807, 2.05) is 42.5 Å². The molecule has 0 radical (unpaired) electrons. The summed E-state index contributed by atoms with van der Waals surface area (Å²) >= 11 is 0. The Labute approximate surface area is 175 Å². The molecule has 1 heterocycles. The minimum Gasteiger partial charge on any atom is -0.493 e. The highest BCUT2D eigenvalue weighted by Crippen LogP contribution is 2.27. The van der Waals surface area contributed by atoms with Gasteiger partial charge in [0, 0.05) is 18.1 Å². The molecule has 2 amide bonds. The van der Waals surface area contributed by atoms with Crippen LogP contribution < -0.4 is 24.8 Å². The second-order valence-electron chi connectivity index (χ2n) is 6.20. The summed E-state index contributed by atoms with van der Waals surface area (Å²) < 4.78 is 16.1. The van der Waals surface area contributed by atoms with Crippen LogP contribution in [-0.4, -0.2) is 38.4 Å². The average molecular weight is 405 g/mol. The van der Waals surface area contributed by atoms with Crippen molar-refractivity contribution >= 4 is 16.9 Å². The molecule has 0 bridgehead atoms. The van der Waals surface area contributed by atoms with Crippen molar-refractivity contribution in [2.24, 2.45) is 0 Å². The number of pyridine rings is 1. The number of nitrogens with zero attached hydrogens (tertiary/aromatic N) is 1. The Bertz CT molecular complexity index is 1070. The number of amides is 2. The highest BCUT2D eigenvalue weighted by molar-refractivity contribution is 5.84. The molecule has 0 unspecified atom stereocenters. The van der Waals surface area contributed by atoms with Crippen LogP contribution in [0.3, 0.4) is 0 Å². The molecule has 0 aliphatic carbocycles. The van der Waals surface area contributed by atoms with Gasteiger partial charge in [-0.1, -0.05) is 36.1 Å². The quantitative estimate of drug-likeness (QED) is 0.590. The molecule has 7 heteroatoms. The van der Waals surface area contributed by atoms with Crippen molar-refractivity contribution in [1.82, 2.24) is 15.6 Å². The molecule has 2 N–H and O–H groups in total. The zero-order valence-electron chi connectivity index (χ0n) is 16.9. The van der Waals surface area contributed by atoms with Crippen molar-refractivity contribution in [2.75, 3.05) is 27.4 Å². The van der Waals surface area contributed by atoms with Gasteiger partial charge in [-0.25, -0.2) is 4.79 Å². The molecule has 30 heavy (non-hydrogen) atoms. The number of aromatic nitrogens is 1. The summed E-state index contributed by atoms with van der Waals surface area (Å²) in [7, 11) is 3.15. The smallest absolute Gasteiger partial charge is 0.315 e. The minimum atomic E-state index is -0.307. The molecule has 1 aromatic heterocycles. The van der Waals surface area contributed by atoms with Crippen LogP contribution >= 0.6 is 0 Å². The first-order chi connectivity index (χ1) is 14.7. The molecule has 3 rings (SSSR count). The van der Waals surface area contributed by atoms with Gasteiger partial charge in [0.25, 0.3) is 0 Å². The van der Waals surface area contributed by atoms with E-state index >= 15 is 0 Å². The lowest BCUT2D eigenvalue weighted by Gasteiger charge is -2.10. The van der Waals surface area contributed by atoms with Crippen LogP contribution in [-0.2, 0) is 6.54 Å². The van der Waals surface area contributed by atoms with E-state index in [-0.39, 0.29) is 19.2 Å². The molecule has 0 fully saturated rings. The highest BCUT2D eigenvalue weighted by atomic mass is 16.5. The van der Waals surface area contributed by atoms with E-state index in [1.165, 1.54) is 0 Å². The Kier molecular flexibility index (Phi) is 7.34. The lowest BCUT2D eigenvalue weighted by atomic mass is 10.2. The van der Waals surface area contributed by atoms with E-state index in [2.05, 4.69) is 27.5 Å². The van der Waals surface area contributed by atoms with E-state index in [9.17, 15) is 4.79 Å². The molecule has 3 aromatic rings. The number of fused-ring (bicyclic) bond motifs is 1. The molecule has 2 aromatic carbocycles. The molecule has 0 aliphatic rings. The maximum atomic E-state index is 11.9. The van der Waals surface area contributed by atoms with Crippen molar-refractivity contribution in [1.29, 1.82) is 0 Å². The Morgan fingerprint density at radius 2 is 1.80 bits per heavy atom. The van der Waals surface area contributed by atoms with Gasteiger partial charge in [-0.05, 0) is 29.8 Å². The number of hydrogen-bond acceptors (Lipinski definition) is 5. The van der Waals surface area contributed by atoms with Crippen LogP contribution in [0, 0.1) is 11.8 Å². The number of benzene rings is 2. The van der Waals surface area contributed by atoms with E-state index in [4.69, 9.17) is 14.2 Å². The highest BCUT2D eigenvalue weighted by Gasteiger charge is 2.05. The topological polar surface area (TPSA) is 81.7 Å². The number of rotatable bonds is 7. The molecule has 0 spiro atoms. The monoisotopic (exact) mass is 405 g/mol. The molecular formula is C23H23N3O4. The molecule has 7 nitrogen and oxygen atoms in total. The summed E-state index contributed by atoms with van der Waals surface area (Å²) in [4.78, 5) is 16.2. The van der Waals surface area contributed by atoms with Gasteiger partial charge >= 0.3 is 6.03 Å². The zero-order valence-corrected chi connectivity index (χ0v) is 16.9. The maximum Gasteiger partial charge on any atom is 0.315 e. The normalized spacial score (nSPS) is 9.93. The van der Waals surface area contributed by atoms with Crippen LogP contribution in [0.2, 0.25) is 0 Å². The van der Waals surface area contributed by atoms with Gasteiger partial charge in [0.2, 0.25) is 0 Å². The fourth-order valence-electron chi connectivity index (χ4n) is 2.78. The van der Waals surface area contributed by atoms with E-state index in [0.29, 0.717) is 23.8 Å². The largest absolute Gasteiger partial charge is 0.493 e. The van der Waals surface area contributed by atoms with Crippen LogP contribution in [0.25, 0.3) is 10.9 Å². The third-order valence-electron chi connectivity index (χ3n) is 4.26. The van der Waals surface area contributed by atoms with Gasteiger partial charge in [-0.15, -0.1) is 0 Å². The fraction of sp³-hybridized carbons (Fsp3) is 0.217. The predicted molar refractivity (Wildman–Crippen MR) is 115 cm³/mol. The van der Waals surface area contributed by atoms with Gasteiger partial charge in [-0.2, -0.15) is 0 Å². The molecule has 0 aliphatic heterocycles. The second kappa shape index (κ2) is 10.6. The molecule has 154 valence electrons. The van der Waals surface area contributed by atoms with Crippen molar-refractivity contribution in [2.45, 2.75) is 6.54 Å². The second-order valence-corrected chi connectivity index (χ2v) is 6.20. The number of hydrogen-bond donors (Lipinski definition) is 2. The first kappa shape index (κ1) is 20.8. The first-order valence-electron chi connectivity index (χ1n) is 9.36. The standard InChI is InChI=1S/C23H23N3O4/c1-28-19-11-10-17(15-21(19)29-2)16-26-23(27)25-12-3-4-14-30-20-9-5-7-18-8-6-13-24-22(18)20/h5-11,13,15H,12,14,16H2,1-2H3,(H2,25,26,27). The number of carbonyl (C=O) groups is 1. The lowest BCUT2D eigenvalue weighted by Crippen LogP contribution is -2.35. The Hall–Kier alpha value is -3.92. The first-order valence-corrected chi connectivity index (χ1v) is 9.36. The van der Waals surface area contributed by atoms with E-state index in [0.717, 1.165) is 16.5 Å². The molecule has 0 saturated heterocycles. The summed E-state index contributed by atoms with van der Waals surface area (Å²) in [6.07, 6.45) is 1.73. The molecule has 0 saturated carbocycles. The van der Waals surface area contributed by atoms with E-state index in [1.54, 1.807) is 26.5 Å². The van der Waals surface area contributed by atoms with Gasteiger partial charge in [0.15, 0.2) is 11.5 Å². The summed E-state index contributed by atoms with van der Waals surface area (Å²) in [5, 5.41) is 6.47. The van der Waals surface area contributed by atoms with Crippen LogP contribution in [0.5, 0.6) is 17.2 Å². The average Bonchev–Trinajstić information content (AvgIpc) is 2.79. The van der Waals surface area contributed by atoms with Crippen LogP contribution in [0.4, 0.5) is 4.79 Å². The summed E-state index contributed by atoms with van der Waals surface area (Å²) in [5.74, 6) is 7.68. The number of carbonyl (C=O) groups excluding carboxylic acids is 1. The lowest BCUT2D eigenvalue weighted by molar-refractivity contribution is 0.241. The number of methoxy groups -OCH3 is 2. The molecule has 0 atom stereocenters. The minimum absolute atomic E-state index is 0.213. The molecular weight excluding hydrogens is 382 g/mol. The Morgan fingerprint density at radius 1 is 0.967 bits per heavy atom. The van der Waals surface area contributed by atoms with Gasteiger partial charge in [-0.3, -0.25) is 4.98 Å². The summed E-state index contributed by atoms with van der Waals surface area (Å²) in [5.41, 5.74) is 1.69. The van der Waals surface area contributed by atoms with Crippen molar-refractivity contribution < 1.29 is 19.0 Å². The third kappa shape index (κ3) is 5.55. The number of urea groups is 1. The predicted octanol–water partition coefficient (Wildman–Crippen LogP) is 3.13. The van der Waals surface area contributed by atoms with E-state index < -0.39 is 0 Å². The zero-order chi connectivity index (χ0) is 21.2. The fourth-order valence-corrected chi connectivity index (χ4v) is 2.78. The number of nitrogens with one attached hydrogen (secondary N) is 2. The third-order valence-corrected chi connectivity index (χ3v) is 4.26. The summed E-state index contributed by atoms with van der Waals surface area (Å²) in [6.45, 7) is 0.788. The van der Waals surface area contributed by atoms with Gasteiger partial charge in [0.05, 0.1) is 20.8 Å². The van der Waals surface area contributed by atoms with Crippen molar-refractivity contribution in [3.63, 3.8) is 0 Å². The maximum absolute atomic E-state index is 11.9. The van der Waals surface area contributed by atoms with Gasteiger partial charge < -0.3 is 24.8 Å². The van der Waals surface area contributed by atoms with Crippen molar-refractivity contribution in [3.05, 3.63) is 60.3 Å². The SMILES string of the molecule is COc1ccc(CNC(=O)NCC#CCOc2cccc3cccnc23)cc1OC.